The standard InChI is InChI=1S/C24H26N2O3S2/c1-19-15-20(2)17-21(16-19)26(31(28,29)23-11-7-4-8-12-23)18-24(27)25-13-14-30-22-9-5-3-6-10-22/h3-12,15-17H,13-14,18H2,1-2H3,(H,25,27). The van der Waals surface area contributed by atoms with Crippen LogP contribution >= 0.6 is 11.8 Å². The Kier molecular flexibility index (Phi) is 7.76. The molecule has 3 rings (SSSR count). The Balaban J connectivity index is 1.74. The van der Waals surface area contributed by atoms with E-state index in [0.29, 0.717) is 18.0 Å². The zero-order chi connectivity index (χ0) is 22.3. The van der Waals surface area contributed by atoms with Crippen molar-refractivity contribution >= 4 is 33.4 Å². The Hall–Kier alpha value is -2.77. The lowest BCUT2D eigenvalue weighted by molar-refractivity contribution is -0.119. The lowest BCUT2D eigenvalue weighted by Gasteiger charge is -2.25. The van der Waals surface area contributed by atoms with Crippen LogP contribution in [0.5, 0.6) is 0 Å². The number of amides is 1. The molecule has 0 radical (unpaired) electrons. The quantitative estimate of drug-likeness (QED) is 0.384. The van der Waals surface area contributed by atoms with E-state index in [0.717, 1.165) is 16.0 Å². The minimum Gasteiger partial charge on any atom is -0.354 e. The number of rotatable bonds is 9. The van der Waals surface area contributed by atoms with Gasteiger partial charge in [0.05, 0.1) is 10.6 Å². The van der Waals surface area contributed by atoms with Gasteiger partial charge in [0.1, 0.15) is 6.54 Å². The first-order chi connectivity index (χ1) is 14.9. The molecule has 0 unspecified atom stereocenters. The lowest BCUT2D eigenvalue weighted by Crippen LogP contribution is -2.41. The molecule has 1 amide bonds. The molecule has 5 nitrogen and oxygen atoms in total. The molecule has 3 aromatic carbocycles. The van der Waals surface area contributed by atoms with Gasteiger partial charge in [0.25, 0.3) is 10.0 Å². The summed E-state index contributed by atoms with van der Waals surface area (Å²) in [5.41, 5.74) is 2.35. The Morgan fingerprint density at radius 1 is 0.903 bits per heavy atom. The number of sulfonamides is 1. The average Bonchev–Trinajstić information content (AvgIpc) is 2.75. The van der Waals surface area contributed by atoms with Crippen molar-refractivity contribution in [2.75, 3.05) is 23.1 Å². The van der Waals surface area contributed by atoms with Gasteiger partial charge >= 0.3 is 0 Å². The molecule has 0 heterocycles. The van der Waals surface area contributed by atoms with Gasteiger partial charge in [-0.3, -0.25) is 9.10 Å². The van der Waals surface area contributed by atoms with Crippen molar-refractivity contribution in [3.8, 4) is 0 Å². The van der Waals surface area contributed by atoms with Crippen LogP contribution in [0.4, 0.5) is 5.69 Å². The third-order valence-corrected chi connectivity index (χ3v) is 7.35. The van der Waals surface area contributed by atoms with E-state index in [-0.39, 0.29) is 17.3 Å². The van der Waals surface area contributed by atoms with Crippen molar-refractivity contribution in [2.24, 2.45) is 0 Å². The van der Waals surface area contributed by atoms with E-state index in [2.05, 4.69) is 5.32 Å². The molecule has 0 atom stereocenters. The molecule has 31 heavy (non-hydrogen) atoms. The van der Waals surface area contributed by atoms with Crippen molar-refractivity contribution < 1.29 is 13.2 Å². The number of carbonyl (C=O) groups excluding carboxylic acids is 1. The minimum atomic E-state index is -3.89. The number of nitrogens with one attached hydrogen (secondary N) is 1. The highest BCUT2D eigenvalue weighted by atomic mass is 32.2. The van der Waals surface area contributed by atoms with E-state index in [4.69, 9.17) is 0 Å². The van der Waals surface area contributed by atoms with Crippen molar-refractivity contribution in [1.29, 1.82) is 0 Å². The molecule has 162 valence electrons. The van der Waals surface area contributed by atoms with Gasteiger partial charge in [-0.25, -0.2) is 8.42 Å². The third-order valence-electron chi connectivity index (χ3n) is 4.55. The SMILES string of the molecule is Cc1cc(C)cc(N(CC(=O)NCCSc2ccccc2)S(=O)(=O)c2ccccc2)c1. The molecule has 3 aromatic rings. The number of carbonyl (C=O) groups is 1. The molecule has 0 saturated carbocycles. The molecule has 0 spiro atoms. The van der Waals surface area contributed by atoms with E-state index in [1.165, 1.54) is 4.31 Å². The molecule has 0 bridgehead atoms. The second kappa shape index (κ2) is 10.5. The summed E-state index contributed by atoms with van der Waals surface area (Å²) in [6, 6.07) is 23.7. The maximum Gasteiger partial charge on any atom is 0.264 e. The number of hydrogen-bond donors (Lipinski definition) is 1. The Bertz CT molecular complexity index is 1100. The number of benzene rings is 3. The number of hydrogen-bond acceptors (Lipinski definition) is 4. The molecular weight excluding hydrogens is 428 g/mol. The summed E-state index contributed by atoms with van der Waals surface area (Å²) in [4.78, 5) is 13.9. The van der Waals surface area contributed by atoms with Gasteiger partial charge < -0.3 is 5.32 Å². The number of thioether (sulfide) groups is 1. The predicted octanol–water partition coefficient (Wildman–Crippen LogP) is 4.41. The predicted molar refractivity (Wildman–Crippen MR) is 127 cm³/mol. The van der Waals surface area contributed by atoms with Crippen LogP contribution in [0.2, 0.25) is 0 Å². The summed E-state index contributed by atoms with van der Waals surface area (Å²) >= 11 is 1.64. The summed E-state index contributed by atoms with van der Waals surface area (Å²) in [6.07, 6.45) is 0. The van der Waals surface area contributed by atoms with Crippen LogP contribution in [-0.4, -0.2) is 33.2 Å². The number of nitrogens with zero attached hydrogens (tertiary/aromatic N) is 1. The maximum atomic E-state index is 13.3. The molecule has 1 N–H and O–H groups in total. The van der Waals surface area contributed by atoms with E-state index >= 15 is 0 Å². The molecular formula is C24H26N2O3S2. The molecule has 0 aliphatic carbocycles. The maximum absolute atomic E-state index is 13.3. The summed E-state index contributed by atoms with van der Waals surface area (Å²) in [5.74, 6) is 0.359. The minimum absolute atomic E-state index is 0.154. The van der Waals surface area contributed by atoms with Crippen molar-refractivity contribution in [2.45, 2.75) is 23.6 Å². The smallest absolute Gasteiger partial charge is 0.264 e. The molecule has 7 heteroatoms. The van der Waals surface area contributed by atoms with Gasteiger partial charge in [-0.2, -0.15) is 0 Å². The highest BCUT2D eigenvalue weighted by molar-refractivity contribution is 7.99. The normalized spacial score (nSPS) is 11.2. The van der Waals surface area contributed by atoms with Gasteiger partial charge in [-0.15, -0.1) is 11.8 Å². The Labute approximate surface area is 188 Å². The van der Waals surface area contributed by atoms with Crippen LogP contribution in [0.15, 0.2) is 88.7 Å². The second-order valence-electron chi connectivity index (χ2n) is 7.18. The molecule has 0 aromatic heterocycles. The van der Waals surface area contributed by atoms with Gasteiger partial charge in [0, 0.05) is 17.2 Å². The monoisotopic (exact) mass is 454 g/mol. The second-order valence-corrected chi connectivity index (χ2v) is 10.2. The molecule has 0 saturated heterocycles. The van der Waals surface area contributed by atoms with E-state index in [1.807, 2.05) is 50.2 Å². The highest BCUT2D eigenvalue weighted by Gasteiger charge is 2.27. The van der Waals surface area contributed by atoms with Crippen LogP contribution in [0.3, 0.4) is 0 Å². The highest BCUT2D eigenvalue weighted by Crippen LogP contribution is 2.25. The molecule has 0 fully saturated rings. The zero-order valence-electron chi connectivity index (χ0n) is 17.6. The molecule has 0 aliphatic heterocycles. The van der Waals surface area contributed by atoms with Gasteiger partial charge in [0.2, 0.25) is 5.91 Å². The largest absolute Gasteiger partial charge is 0.354 e. The topological polar surface area (TPSA) is 66.5 Å². The lowest BCUT2D eigenvalue weighted by atomic mass is 10.1. The van der Waals surface area contributed by atoms with Crippen LogP contribution in [0.1, 0.15) is 11.1 Å². The van der Waals surface area contributed by atoms with Crippen LogP contribution in [-0.2, 0) is 14.8 Å². The fraction of sp³-hybridized carbons (Fsp3) is 0.208. The summed E-state index contributed by atoms with van der Waals surface area (Å²) in [6.45, 7) is 3.98. The van der Waals surface area contributed by atoms with Gasteiger partial charge in [-0.1, -0.05) is 42.5 Å². The van der Waals surface area contributed by atoms with Crippen molar-refractivity contribution in [3.63, 3.8) is 0 Å². The fourth-order valence-electron chi connectivity index (χ4n) is 3.19. The summed E-state index contributed by atoms with van der Waals surface area (Å²) in [7, 11) is -3.89. The van der Waals surface area contributed by atoms with Crippen LogP contribution in [0, 0.1) is 13.8 Å². The first kappa shape index (κ1) is 22.9. The van der Waals surface area contributed by atoms with Crippen LogP contribution in [0.25, 0.3) is 0 Å². The zero-order valence-corrected chi connectivity index (χ0v) is 19.2. The number of aryl methyl sites for hydroxylation is 2. The summed E-state index contributed by atoms with van der Waals surface area (Å²) in [5, 5.41) is 2.84. The van der Waals surface area contributed by atoms with Crippen molar-refractivity contribution in [3.05, 3.63) is 90.0 Å². The van der Waals surface area contributed by atoms with Crippen LogP contribution < -0.4 is 9.62 Å². The Morgan fingerprint density at radius 2 is 1.48 bits per heavy atom. The van der Waals surface area contributed by atoms with E-state index in [1.54, 1.807) is 54.2 Å². The first-order valence-corrected chi connectivity index (χ1v) is 12.4. The third kappa shape index (κ3) is 6.35. The molecule has 0 aliphatic rings. The van der Waals surface area contributed by atoms with Gasteiger partial charge in [0.15, 0.2) is 0 Å². The van der Waals surface area contributed by atoms with E-state index in [9.17, 15) is 13.2 Å². The number of anilines is 1. The first-order valence-electron chi connectivity index (χ1n) is 9.97. The van der Waals surface area contributed by atoms with Crippen molar-refractivity contribution in [1.82, 2.24) is 5.32 Å². The average molecular weight is 455 g/mol. The van der Waals surface area contributed by atoms with E-state index < -0.39 is 10.0 Å². The van der Waals surface area contributed by atoms with Gasteiger partial charge in [-0.05, 0) is 61.4 Å². The Morgan fingerprint density at radius 3 is 2.10 bits per heavy atom. The fourth-order valence-corrected chi connectivity index (χ4v) is 5.41. The summed E-state index contributed by atoms with van der Waals surface area (Å²) < 4.78 is 27.9.